The summed E-state index contributed by atoms with van der Waals surface area (Å²) in [6.45, 7) is 6.74. The van der Waals surface area contributed by atoms with Gasteiger partial charge in [0.05, 0.1) is 0 Å². The van der Waals surface area contributed by atoms with E-state index < -0.39 is 8.53 Å². The van der Waals surface area contributed by atoms with Crippen LogP contribution in [0.4, 0.5) is 0 Å². The summed E-state index contributed by atoms with van der Waals surface area (Å²) in [6, 6.07) is 24.4. The standard InChI is InChI=1S/C28H30NO2P/c1-19(2)29(20(3)21-9-5-4-6-10-21)32-30-24-13-7-11-22-15-17-28(26(22)24)18-16-23-12-8-14-25(31-32)27(23)28/h4-14,19-20H,15-18H2,1-3H3/t20-,28?/m1/s1. The molecule has 3 aromatic rings. The van der Waals surface area contributed by atoms with Crippen LogP contribution in [-0.2, 0) is 18.3 Å². The molecule has 0 N–H and O–H groups in total. The second kappa shape index (κ2) is 7.61. The zero-order valence-corrected chi connectivity index (χ0v) is 19.9. The Kier molecular flexibility index (Phi) is 4.82. The minimum atomic E-state index is -1.33. The highest BCUT2D eigenvalue weighted by atomic mass is 31.2. The predicted molar refractivity (Wildman–Crippen MR) is 130 cm³/mol. The minimum absolute atomic E-state index is 0.0486. The topological polar surface area (TPSA) is 21.7 Å². The molecular formula is C28H30NO2P. The van der Waals surface area contributed by atoms with Gasteiger partial charge in [-0.15, -0.1) is 0 Å². The molecule has 6 rings (SSSR count). The molecule has 0 amide bonds. The van der Waals surface area contributed by atoms with Gasteiger partial charge >= 0.3 is 8.53 Å². The molecule has 1 aliphatic heterocycles. The van der Waals surface area contributed by atoms with Crippen LogP contribution in [0.2, 0.25) is 0 Å². The van der Waals surface area contributed by atoms with Crippen molar-refractivity contribution in [1.29, 1.82) is 0 Å². The monoisotopic (exact) mass is 443 g/mol. The molecule has 3 nitrogen and oxygen atoms in total. The molecule has 1 heterocycles. The number of rotatable bonds is 4. The smallest absolute Gasteiger partial charge is 0.385 e. The van der Waals surface area contributed by atoms with Crippen molar-refractivity contribution in [3.63, 3.8) is 0 Å². The van der Waals surface area contributed by atoms with Gasteiger partial charge < -0.3 is 9.05 Å². The second-order valence-corrected chi connectivity index (χ2v) is 10.9. The zero-order chi connectivity index (χ0) is 21.9. The summed E-state index contributed by atoms with van der Waals surface area (Å²) in [6.07, 6.45) is 4.55. The van der Waals surface area contributed by atoms with E-state index in [2.05, 4.69) is 92.2 Å². The first-order valence-corrected chi connectivity index (χ1v) is 13.0. The average molecular weight is 444 g/mol. The average Bonchev–Trinajstić information content (AvgIpc) is 3.36. The lowest BCUT2D eigenvalue weighted by atomic mass is 9.76. The van der Waals surface area contributed by atoms with Gasteiger partial charge in [-0.05, 0) is 75.3 Å². The number of hydrogen-bond donors (Lipinski definition) is 0. The molecule has 0 bridgehead atoms. The predicted octanol–water partition coefficient (Wildman–Crippen LogP) is 7.33. The Morgan fingerprint density at radius 3 is 1.84 bits per heavy atom. The number of benzene rings is 3. The lowest BCUT2D eigenvalue weighted by Gasteiger charge is -2.40. The van der Waals surface area contributed by atoms with Crippen LogP contribution in [0.3, 0.4) is 0 Å². The third kappa shape index (κ3) is 2.95. The summed E-state index contributed by atoms with van der Waals surface area (Å²) < 4.78 is 16.2. The Morgan fingerprint density at radius 2 is 1.31 bits per heavy atom. The third-order valence-corrected chi connectivity index (χ3v) is 9.46. The van der Waals surface area contributed by atoms with Gasteiger partial charge in [-0.3, -0.25) is 0 Å². The molecule has 0 fully saturated rings. The van der Waals surface area contributed by atoms with E-state index in [-0.39, 0.29) is 17.5 Å². The van der Waals surface area contributed by atoms with Crippen LogP contribution >= 0.6 is 8.53 Å². The Morgan fingerprint density at radius 1 is 0.750 bits per heavy atom. The summed E-state index contributed by atoms with van der Waals surface area (Å²) in [7, 11) is -1.33. The molecule has 1 spiro atoms. The molecule has 3 aliphatic rings. The molecule has 0 saturated heterocycles. The van der Waals surface area contributed by atoms with E-state index >= 15 is 0 Å². The van der Waals surface area contributed by atoms with Crippen LogP contribution in [0.1, 0.15) is 67.5 Å². The first-order chi connectivity index (χ1) is 15.6. The minimum Gasteiger partial charge on any atom is -0.427 e. The number of hydrogen-bond acceptors (Lipinski definition) is 3. The van der Waals surface area contributed by atoms with Crippen molar-refractivity contribution in [2.24, 2.45) is 0 Å². The van der Waals surface area contributed by atoms with Gasteiger partial charge in [-0.1, -0.05) is 54.6 Å². The second-order valence-electron chi connectivity index (χ2n) is 9.64. The lowest BCUT2D eigenvalue weighted by molar-refractivity contribution is 0.253. The summed E-state index contributed by atoms with van der Waals surface area (Å²) in [5.41, 5.74) is 7.09. The molecule has 4 heteroatoms. The Bertz CT molecular complexity index is 1100. The molecule has 3 aromatic carbocycles. The van der Waals surface area contributed by atoms with Gasteiger partial charge in [0.1, 0.15) is 11.5 Å². The van der Waals surface area contributed by atoms with E-state index in [1.807, 2.05) is 0 Å². The van der Waals surface area contributed by atoms with E-state index in [1.54, 1.807) is 0 Å². The van der Waals surface area contributed by atoms with Crippen LogP contribution in [-0.4, -0.2) is 10.7 Å². The first-order valence-electron chi connectivity index (χ1n) is 11.8. The Labute approximate surface area is 192 Å². The molecule has 0 aromatic heterocycles. The normalized spacial score (nSPS) is 19.0. The maximum Gasteiger partial charge on any atom is 0.385 e. The Hall–Kier alpha value is -2.35. The third-order valence-electron chi connectivity index (χ3n) is 7.57. The van der Waals surface area contributed by atoms with Gasteiger partial charge in [0.2, 0.25) is 0 Å². The van der Waals surface area contributed by atoms with E-state index in [0.29, 0.717) is 0 Å². The van der Waals surface area contributed by atoms with E-state index in [0.717, 1.165) is 37.2 Å². The van der Waals surface area contributed by atoms with Gasteiger partial charge in [0, 0.05) is 28.6 Å². The summed E-state index contributed by atoms with van der Waals surface area (Å²) in [5.74, 6) is 2.05. The molecule has 32 heavy (non-hydrogen) atoms. The van der Waals surface area contributed by atoms with Crippen molar-refractivity contribution < 1.29 is 9.05 Å². The van der Waals surface area contributed by atoms with Crippen LogP contribution < -0.4 is 9.05 Å². The molecule has 0 radical (unpaired) electrons. The Balaban J connectivity index is 1.51. The van der Waals surface area contributed by atoms with Crippen LogP contribution in [0.15, 0.2) is 66.7 Å². The van der Waals surface area contributed by atoms with E-state index in [9.17, 15) is 0 Å². The van der Waals surface area contributed by atoms with Crippen molar-refractivity contribution in [1.82, 2.24) is 4.67 Å². The zero-order valence-electron chi connectivity index (χ0n) is 19.0. The van der Waals surface area contributed by atoms with Gasteiger partial charge in [0.15, 0.2) is 0 Å². The van der Waals surface area contributed by atoms with Crippen molar-refractivity contribution in [2.75, 3.05) is 0 Å². The van der Waals surface area contributed by atoms with Crippen LogP contribution in [0.25, 0.3) is 0 Å². The first kappa shape index (κ1) is 20.3. The maximum atomic E-state index is 6.87. The molecule has 1 atom stereocenters. The molecule has 164 valence electrons. The van der Waals surface area contributed by atoms with Crippen LogP contribution in [0.5, 0.6) is 11.5 Å². The fourth-order valence-corrected chi connectivity index (χ4v) is 7.86. The maximum absolute atomic E-state index is 6.87. The largest absolute Gasteiger partial charge is 0.427 e. The van der Waals surface area contributed by atoms with Crippen molar-refractivity contribution in [2.45, 2.75) is 64.0 Å². The van der Waals surface area contributed by atoms with Gasteiger partial charge in [0.25, 0.3) is 0 Å². The summed E-state index contributed by atoms with van der Waals surface area (Å²) in [4.78, 5) is 0. The van der Waals surface area contributed by atoms with Crippen molar-refractivity contribution >= 4 is 8.53 Å². The molecule has 0 saturated carbocycles. The van der Waals surface area contributed by atoms with Gasteiger partial charge in [-0.2, -0.15) is 0 Å². The van der Waals surface area contributed by atoms with Gasteiger partial charge in [-0.25, -0.2) is 4.67 Å². The quantitative estimate of drug-likeness (QED) is 0.394. The van der Waals surface area contributed by atoms with E-state index in [1.165, 1.54) is 27.8 Å². The molecular weight excluding hydrogens is 413 g/mol. The highest BCUT2D eigenvalue weighted by molar-refractivity contribution is 7.45. The highest BCUT2D eigenvalue weighted by Gasteiger charge is 2.50. The SMILES string of the molecule is CC(C)N([C@H](C)c1ccccc1)P1Oc2cccc3c2C2(CC3)CCc3cccc(c32)O1. The van der Waals surface area contributed by atoms with Crippen molar-refractivity contribution in [3.05, 3.63) is 94.5 Å². The molecule has 0 unspecified atom stereocenters. The molecule has 2 aliphatic carbocycles. The number of aryl methyl sites for hydroxylation is 2. The fraction of sp³-hybridized carbons (Fsp3) is 0.357. The van der Waals surface area contributed by atoms with Crippen LogP contribution in [0, 0.1) is 0 Å². The lowest BCUT2D eigenvalue weighted by Crippen LogP contribution is -2.33. The fourth-order valence-electron chi connectivity index (χ4n) is 6.20. The summed E-state index contributed by atoms with van der Waals surface area (Å²) in [5, 5.41) is 0. The highest BCUT2D eigenvalue weighted by Crippen LogP contribution is 2.63. The van der Waals surface area contributed by atoms with E-state index in [4.69, 9.17) is 9.05 Å². The summed E-state index contributed by atoms with van der Waals surface area (Å²) >= 11 is 0. The number of nitrogens with zero attached hydrogens (tertiary/aromatic N) is 1. The van der Waals surface area contributed by atoms with Crippen molar-refractivity contribution in [3.8, 4) is 11.5 Å².